The van der Waals surface area contributed by atoms with Gasteiger partial charge in [0.2, 0.25) is 25.5 Å². The quantitative estimate of drug-likeness (QED) is 0.743. The van der Waals surface area contributed by atoms with E-state index in [0.717, 1.165) is 0 Å². The minimum Gasteiger partial charge on any atom is -0.503 e. The van der Waals surface area contributed by atoms with E-state index in [1.54, 1.807) is 45.8 Å². The molecule has 92 valence electrons. The molecule has 0 saturated heterocycles. The van der Waals surface area contributed by atoms with Crippen LogP contribution in [0.5, 0.6) is 11.5 Å². The highest BCUT2D eigenvalue weighted by atomic mass is 16.3. The number of hydrogen-bond donors (Lipinski definition) is 2. The van der Waals surface area contributed by atoms with Crippen molar-refractivity contribution in [3.8, 4) is 11.5 Å². The molecule has 2 N–H and O–H groups in total. The second-order valence-corrected chi connectivity index (χ2v) is 4.01. The Morgan fingerprint density at radius 2 is 1.39 bits per heavy atom. The van der Waals surface area contributed by atoms with Crippen molar-refractivity contribution >= 4 is 5.78 Å². The highest BCUT2D eigenvalue weighted by molar-refractivity contribution is 5.75. The van der Waals surface area contributed by atoms with Crippen molar-refractivity contribution in [1.82, 2.24) is 0 Å². The highest BCUT2D eigenvalue weighted by Crippen LogP contribution is 2.01. The minimum absolute atomic E-state index is 0.0267. The van der Waals surface area contributed by atoms with Gasteiger partial charge in [-0.25, -0.2) is 0 Å². The van der Waals surface area contributed by atoms with Crippen LogP contribution in [0, 0.1) is 0 Å². The lowest BCUT2D eigenvalue weighted by molar-refractivity contribution is -0.702. The Morgan fingerprint density at radius 1 is 0.944 bits per heavy atom. The van der Waals surface area contributed by atoms with Crippen LogP contribution >= 0.6 is 0 Å². The molecule has 0 aliphatic heterocycles. The highest BCUT2D eigenvalue weighted by Gasteiger charge is 2.15. The summed E-state index contributed by atoms with van der Waals surface area (Å²) in [4.78, 5) is 11.8. The van der Waals surface area contributed by atoms with Crippen molar-refractivity contribution in [2.24, 2.45) is 0 Å². The van der Waals surface area contributed by atoms with E-state index in [1.807, 2.05) is 0 Å². The molecular weight excluding hydrogens is 232 g/mol. The van der Waals surface area contributed by atoms with Crippen molar-refractivity contribution in [3.05, 3.63) is 49.1 Å². The van der Waals surface area contributed by atoms with E-state index < -0.39 is 0 Å². The van der Waals surface area contributed by atoms with Gasteiger partial charge < -0.3 is 10.2 Å². The number of nitrogens with zero attached hydrogens (tertiary/aromatic N) is 2. The number of Topliss-reactive ketones (excluding diaryl/α,β-unsaturated/α-hetero) is 1. The van der Waals surface area contributed by atoms with Crippen molar-refractivity contribution in [3.63, 3.8) is 0 Å². The Labute approximate surface area is 104 Å². The number of pyridine rings is 2. The van der Waals surface area contributed by atoms with E-state index in [9.17, 15) is 15.0 Å². The number of carbonyl (C=O) groups excluding carboxylic acids is 1. The van der Waals surface area contributed by atoms with Crippen LogP contribution in [0.25, 0.3) is 0 Å². The van der Waals surface area contributed by atoms with Crippen LogP contribution in [0.4, 0.5) is 0 Å². The third-order valence-corrected chi connectivity index (χ3v) is 2.40. The molecule has 0 atom stereocenters. The van der Waals surface area contributed by atoms with E-state index in [1.165, 1.54) is 12.4 Å². The first-order valence-corrected chi connectivity index (χ1v) is 5.51. The van der Waals surface area contributed by atoms with Crippen LogP contribution in [0.3, 0.4) is 0 Å². The summed E-state index contributed by atoms with van der Waals surface area (Å²) in [6.07, 6.45) is 6.41. The van der Waals surface area contributed by atoms with Gasteiger partial charge in [-0.15, -0.1) is 0 Å². The molecule has 18 heavy (non-hydrogen) atoms. The zero-order valence-electron chi connectivity index (χ0n) is 9.73. The van der Waals surface area contributed by atoms with Crippen LogP contribution in [0.1, 0.15) is 0 Å². The van der Waals surface area contributed by atoms with Gasteiger partial charge in [0.05, 0.1) is 0 Å². The fourth-order valence-corrected chi connectivity index (χ4v) is 1.67. The zero-order chi connectivity index (χ0) is 13.0. The van der Waals surface area contributed by atoms with Crippen LogP contribution in [-0.4, -0.2) is 16.0 Å². The van der Waals surface area contributed by atoms with Crippen LogP contribution < -0.4 is 9.13 Å². The van der Waals surface area contributed by atoms with Gasteiger partial charge in [0.1, 0.15) is 0 Å². The van der Waals surface area contributed by atoms with Gasteiger partial charge in [-0.2, -0.15) is 9.13 Å². The third-order valence-electron chi connectivity index (χ3n) is 2.40. The van der Waals surface area contributed by atoms with E-state index in [-0.39, 0.29) is 30.4 Å². The molecule has 0 fully saturated rings. The summed E-state index contributed by atoms with van der Waals surface area (Å²) in [6.45, 7) is 0.355. The van der Waals surface area contributed by atoms with E-state index in [2.05, 4.69) is 0 Å². The van der Waals surface area contributed by atoms with E-state index in [4.69, 9.17) is 0 Å². The Balaban J connectivity index is 2.01. The molecule has 0 aliphatic rings. The topological polar surface area (TPSA) is 65.3 Å². The summed E-state index contributed by atoms with van der Waals surface area (Å²) >= 11 is 0. The molecule has 0 radical (unpaired) electrons. The second kappa shape index (κ2) is 5.27. The first kappa shape index (κ1) is 12.0. The first-order valence-electron chi connectivity index (χ1n) is 5.51. The molecule has 0 spiro atoms. The molecule has 0 aliphatic carbocycles. The number of carbonyl (C=O) groups is 1. The van der Waals surface area contributed by atoms with Gasteiger partial charge in [-0.05, 0) is 12.1 Å². The van der Waals surface area contributed by atoms with Gasteiger partial charge in [-0.3, -0.25) is 4.79 Å². The predicted molar refractivity (Wildman–Crippen MR) is 61.6 cm³/mol. The average Bonchev–Trinajstić information content (AvgIpc) is 2.28. The molecule has 2 aromatic rings. The molecule has 0 bridgehead atoms. The van der Waals surface area contributed by atoms with Crippen LogP contribution in [0.15, 0.2) is 49.1 Å². The smallest absolute Gasteiger partial charge is 0.261 e. The van der Waals surface area contributed by atoms with Crippen molar-refractivity contribution in [1.29, 1.82) is 0 Å². The largest absolute Gasteiger partial charge is 0.503 e. The van der Waals surface area contributed by atoms with Crippen molar-refractivity contribution < 1.29 is 24.1 Å². The normalized spacial score (nSPS) is 10.2. The molecule has 0 aromatic carbocycles. The number of aromatic hydroxyl groups is 2. The molecule has 0 amide bonds. The fraction of sp³-hybridized carbons (Fsp3) is 0.154. The maximum atomic E-state index is 11.8. The van der Waals surface area contributed by atoms with Crippen molar-refractivity contribution in [2.75, 3.05) is 0 Å². The van der Waals surface area contributed by atoms with E-state index >= 15 is 0 Å². The van der Waals surface area contributed by atoms with Crippen LogP contribution in [0.2, 0.25) is 0 Å². The number of rotatable bonds is 4. The molecule has 0 unspecified atom stereocenters. The predicted octanol–water partition coefficient (Wildman–Crippen LogP) is -0.0579. The fourth-order valence-electron chi connectivity index (χ4n) is 1.67. The Morgan fingerprint density at radius 3 is 1.78 bits per heavy atom. The van der Waals surface area contributed by atoms with Crippen molar-refractivity contribution in [2.45, 2.75) is 13.1 Å². The monoisotopic (exact) mass is 246 g/mol. The molecule has 0 saturated carbocycles. The van der Waals surface area contributed by atoms with Gasteiger partial charge in [0.15, 0.2) is 23.9 Å². The van der Waals surface area contributed by atoms with Gasteiger partial charge in [-0.1, -0.05) is 0 Å². The number of ketones is 1. The van der Waals surface area contributed by atoms with Gasteiger partial charge >= 0.3 is 0 Å². The maximum Gasteiger partial charge on any atom is 0.261 e. The Bertz CT molecular complexity index is 520. The molecule has 5 nitrogen and oxygen atoms in total. The number of aromatic nitrogens is 2. The molecule has 2 aromatic heterocycles. The van der Waals surface area contributed by atoms with Crippen LogP contribution in [-0.2, 0) is 17.9 Å². The first-order chi connectivity index (χ1) is 8.63. The number of hydrogen-bond acceptors (Lipinski definition) is 3. The Hall–Kier alpha value is -2.43. The molecule has 2 heterocycles. The summed E-state index contributed by atoms with van der Waals surface area (Å²) < 4.78 is 3.22. The summed E-state index contributed by atoms with van der Waals surface area (Å²) in [5, 5.41) is 18.6. The Kier molecular flexibility index (Phi) is 3.52. The maximum absolute atomic E-state index is 11.8. The minimum atomic E-state index is -0.0267. The van der Waals surface area contributed by atoms with Gasteiger partial charge in [0.25, 0.3) is 5.78 Å². The zero-order valence-corrected chi connectivity index (χ0v) is 9.73. The lowest BCUT2D eigenvalue weighted by atomic mass is 10.3. The average molecular weight is 246 g/mol. The molecule has 2 rings (SSSR count). The van der Waals surface area contributed by atoms with Gasteiger partial charge in [0, 0.05) is 12.1 Å². The lowest BCUT2D eigenvalue weighted by Crippen LogP contribution is -2.44. The summed E-state index contributed by atoms with van der Waals surface area (Å²) in [6, 6.07) is 6.43. The SMILES string of the molecule is O=C(C[n+]1cccc(O)c1)C[n+]1cccc(O)c1. The lowest BCUT2D eigenvalue weighted by Gasteiger charge is -1.97. The molecule has 5 heteroatoms. The van der Waals surface area contributed by atoms with E-state index in [0.29, 0.717) is 0 Å². The standard InChI is InChI=1S/C13H12N2O3/c16-11-3-1-5-14(7-11)9-13(18)10-15-6-2-4-12(17)8-15/h1-8H,9-10H2/p+2. The second-order valence-electron chi connectivity index (χ2n) is 4.01. The summed E-state index contributed by atoms with van der Waals surface area (Å²) in [5.41, 5.74) is 0. The summed E-state index contributed by atoms with van der Waals surface area (Å²) in [5.74, 6) is 0.215. The molecular formula is C13H14N2O3+2. The third kappa shape index (κ3) is 3.28. The summed E-state index contributed by atoms with van der Waals surface area (Å²) in [7, 11) is 0.